The first-order valence-corrected chi connectivity index (χ1v) is 6.23. The lowest BCUT2D eigenvalue weighted by atomic mass is 10.3. The van der Waals surface area contributed by atoms with Crippen molar-refractivity contribution < 1.29 is 9.47 Å². The Hall–Kier alpha value is -1.30. The molecule has 0 aliphatic rings. The van der Waals surface area contributed by atoms with Crippen LogP contribution < -0.4 is 9.47 Å². The predicted molar refractivity (Wildman–Crippen MR) is 74.3 cm³/mol. The highest BCUT2D eigenvalue weighted by molar-refractivity contribution is 14.1. The fourth-order valence-corrected chi connectivity index (χ4v) is 1.77. The summed E-state index contributed by atoms with van der Waals surface area (Å²) in [6, 6.07) is 11.7. The van der Waals surface area contributed by atoms with Gasteiger partial charge in [-0.15, -0.1) is 0 Å². The standard InChI is InChI=1S/C13H12INO2/c1-16-13-10(3-2-8-15-13)9-17-12-6-4-11(14)5-7-12/h2-8H,9H2,1H3. The molecule has 0 amide bonds. The van der Waals surface area contributed by atoms with E-state index in [9.17, 15) is 0 Å². The summed E-state index contributed by atoms with van der Waals surface area (Å²) in [6.45, 7) is 0.456. The molecule has 3 nitrogen and oxygen atoms in total. The fraction of sp³-hybridized carbons (Fsp3) is 0.154. The summed E-state index contributed by atoms with van der Waals surface area (Å²) in [5.41, 5.74) is 0.938. The molecule has 2 rings (SSSR count). The van der Waals surface area contributed by atoms with Crippen LogP contribution in [0.1, 0.15) is 5.56 Å². The summed E-state index contributed by atoms with van der Waals surface area (Å²) >= 11 is 2.26. The van der Waals surface area contributed by atoms with Crippen molar-refractivity contribution in [2.45, 2.75) is 6.61 Å². The molecule has 0 N–H and O–H groups in total. The number of pyridine rings is 1. The van der Waals surface area contributed by atoms with Crippen LogP contribution in [-0.4, -0.2) is 12.1 Å². The first kappa shape index (κ1) is 12.2. The summed E-state index contributed by atoms with van der Waals surface area (Å²) in [6.07, 6.45) is 1.70. The molecule has 0 fully saturated rings. The van der Waals surface area contributed by atoms with E-state index in [2.05, 4.69) is 27.6 Å². The molecule has 4 heteroatoms. The van der Waals surface area contributed by atoms with E-state index in [1.54, 1.807) is 13.3 Å². The number of rotatable bonds is 4. The lowest BCUT2D eigenvalue weighted by Crippen LogP contribution is -2.00. The van der Waals surface area contributed by atoms with Gasteiger partial charge in [0.1, 0.15) is 12.4 Å². The number of aromatic nitrogens is 1. The van der Waals surface area contributed by atoms with Crippen LogP contribution in [0.2, 0.25) is 0 Å². The van der Waals surface area contributed by atoms with E-state index in [1.807, 2.05) is 36.4 Å². The summed E-state index contributed by atoms with van der Waals surface area (Å²) in [5.74, 6) is 1.45. The molecule has 0 bridgehead atoms. The topological polar surface area (TPSA) is 31.4 Å². The smallest absolute Gasteiger partial charge is 0.219 e. The lowest BCUT2D eigenvalue weighted by molar-refractivity contribution is 0.294. The van der Waals surface area contributed by atoms with Gasteiger partial charge in [-0.2, -0.15) is 0 Å². The van der Waals surface area contributed by atoms with E-state index < -0.39 is 0 Å². The van der Waals surface area contributed by atoms with Gasteiger partial charge in [0.2, 0.25) is 5.88 Å². The summed E-state index contributed by atoms with van der Waals surface area (Å²) in [7, 11) is 1.61. The molecule has 1 heterocycles. The minimum absolute atomic E-state index is 0.456. The van der Waals surface area contributed by atoms with Crippen molar-refractivity contribution >= 4 is 22.6 Å². The van der Waals surface area contributed by atoms with Gasteiger partial charge >= 0.3 is 0 Å². The lowest BCUT2D eigenvalue weighted by Gasteiger charge is -2.08. The van der Waals surface area contributed by atoms with Gasteiger partial charge in [-0.05, 0) is 59.0 Å². The molecule has 2 aromatic rings. The molecular formula is C13H12INO2. The molecule has 17 heavy (non-hydrogen) atoms. The van der Waals surface area contributed by atoms with Gasteiger partial charge in [-0.1, -0.05) is 0 Å². The van der Waals surface area contributed by atoms with Crippen LogP contribution >= 0.6 is 22.6 Å². The van der Waals surface area contributed by atoms with Crippen LogP contribution in [-0.2, 0) is 6.61 Å². The van der Waals surface area contributed by atoms with Gasteiger partial charge in [-0.25, -0.2) is 4.98 Å². The number of nitrogens with zero attached hydrogens (tertiary/aromatic N) is 1. The summed E-state index contributed by atoms with van der Waals surface area (Å²) < 4.78 is 12.0. The fourth-order valence-electron chi connectivity index (χ4n) is 1.41. The minimum Gasteiger partial charge on any atom is -0.489 e. The van der Waals surface area contributed by atoms with E-state index in [4.69, 9.17) is 9.47 Å². The molecule has 1 aromatic carbocycles. The monoisotopic (exact) mass is 341 g/mol. The number of ether oxygens (including phenoxy) is 2. The van der Waals surface area contributed by atoms with Crippen molar-refractivity contribution in [2.24, 2.45) is 0 Å². The first-order valence-electron chi connectivity index (χ1n) is 5.16. The molecule has 88 valence electrons. The van der Waals surface area contributed by atoms with Crippen LogP contribution in [0.25, 0.3) is 0 Å². The SMILES string of the molecule is COc1ncccc1COc1ccc(I)cc1. The van der Waals surface area contributed by atoms with Gasteiger partial charge in [0.25, 0.3) is 0 Å². The van der Waals surface area contributed by atoms with Crippen molar-refractivity contribution in [2.75, 3.05) is 7.11 Å². The summed E-state index contributed by atoms with van der Waals surface area (Å²) in [5, 5.41) is 0. The van der Waals surface area contributed by atoms with Gasteiger partial charge in [0, 0.05) is 9.77 Å². The van der Waals surface area contributed by atoms with E-state index in [0.29, 0.717) is 12.5 Å². The maximum atomic E-state index is 5.67. The normalized spacial score (nSPS) is 10.0. The molecule has 0 unspecified atom stereocenters. The molecule has 0 atom stereocenters. The Kier molecular flexibility index (Phi) is 4.19. The second-order valence-electron chi connectivity index (χ2n) is 3.41. The van der Waals surface area contributed by atoms with Crippen molar-refractivity contribution in [3.63, 3.8) is 0 Å². The Balaban J connectivity index is 2.04. The minimum atomic E-state index is 0.456. The largest absolute Gasteiger partial charge is 0.489 e. The van der Waals surface area contributed by atoms with Crippen molar-refractivity contribution in [1.29, 1.82) is 0 Å². The quantitative estimate of drug-likeness (QED) is 0.800. The molecule has 0 aliphatic heterocycles. The molecule has 0 spiro atoms. The van der Waals surface area contributed by atoms with Crippen LogP contribution in [0.3, 0.4) is 0 Å². The second kappa shape index (κ2) is 5.86. The van der Waals surface area contributed by atoms with E-state index in [1.165, 1.54) is 3.57 Å². The zero-order valence-electron chi connectivity index (χ0n) is 9.39. The molecular weight excluding hydrogens is 329 g/mol. The average molecular weight is 341 g/mol. The Morgan fingerprint density at radius 3 is 2.65 bits per heavy atom. The third-order valence-corrected chi connectivity index (χ3v) is 2.97. The average Bonchev–Trinajstić information content (AvgIpc) is 2.38. The number of benzene rings is 1. The van der Waals surface area contributed by atoms with E-state index in [0.717, 1.165) is 11.3 Å². The maximum absolute atomic E-state index is 5.67. The van der Waals surface area contributed by atoms with Gasteiger partial charge < -0.3 is 9.47 Å². The number of halogens is 1. The number of methoxy groups -OCH3 is 1. The first-order chi connectivity index (χ1) is 8.29. The van der Waals surface area contributed by atoms with Gasteiger partial charge in [-0.3, -0.25) is 0 Å². The molecule has 0 radical (unpaired) electrons. The molecule has 0 aliphatic carbocycles. The number of hydrogen-bond donors (Lipinski definition) is 0. The highest BCUT2D eigenvalue weighted by atomic mass is 127. The Morgan fingerprint density at radius 1 is 1.18 bits per heavy atom. The predicted octanol–water partition coefficient (Wildman–Crippen LogP) is 3.27. The molecule has 0 saturated carbocycles. The molecule has 0 saturated heterocycles. The van der Waals surface area contributed by atoms with Crippen LogP contribution in [0, 0.1) is 3.57 Å². The number of hydrogen-bond acceptors (Lipinski definition) is 3. The van der Waals surface area contributed by atoms with Crippen molar-refractivity contribution in [3.8, 4) is 11.6 Å². The Bertz CT molecular complexity index is 485. The van der Waals surface area contributed by atoms with Crippen LogP contribution in [0.15, 0.2) is 42.6 Å². The van der Waals surface area contributed by atoms with Crippen molar-refractivity contribution in [1.82, 2.24) is 4.98 Å². The third kappa shape index (κ3) is 3.33. The zero-order chi connectivity index (χ0) is 12.1. The van der Waals surface area contributed by atoms with E-state index in [-0.39, 0.29) is 0 Å². The zero-order valence-corrected chi connectivity index (χ0v) is 11.5. The highest BCUT2D eigenvalue weighted by Crippen LogP contribution is 2.18. The van der Waals surface area contributed by atoms with E-state index >= 15 is 0 Å². The highest BCUT2D eigenvalue weighted by Gasteiger charge is 2.03. The maximum Gasteiger partial charge on any atom is 0.219 e. The Morgan fingerprint density at radius 2 is 1.94 bits per heavy atom. The molecule has 1 aromatic heterocycles. The Labute approximate surface area is 114 Å². The van der Waals surface area contributed by atoms with Gasteiger partial charge in [0.05, 0.1) is 12.7 Å². The second-order valence-corrected chi connectivity index (χ2v) is 4.66. The van der Waals surface area contributed by atoms with Crippen LogP contribution in [0.4, 0.5) is 0 Å². The van der Waals surface area contributed by atoms with Crippen LogP contribution in [0.5, 0.6) is 11.6 Å². The third-order valence-electron chi connectivity index (χ3n) is 2.25. The van der Waals surface area contributed by atoms with Gasteiger partial charge in [0.15, 0.2) is 0 Å². The van der Waals surface area contributed by atoms with Crippen molar-refractivity contribution in [3.05, 3.63) is 51.7 Å². The summed E-state index contributed by atoms with van der Waals surface area (Å²) in [4.78, 5) is 4.12.